The number of likely N-dealkylation sites (N-methyl/N-ethyl adjacent to an activating group) is 1. The van der Waals surface area contributed by atoms with Crippen molar-refractivity contribution in [2.45, 2.75) is 38.5 Å². The van der Waals surface area contributed by atoms with Crippen molar-refractivity contribution < 1.29 is 4.74 Å². The standard InChI is InChI=1S/C16H25NO.ClH/c1-4-9-16(10-11-17(5-2)13-16)14-7-6-8-15(12-14)18-3;/h6-8,12H,4-5,9-11,13H2,1-3H3;1H. The molecule has 2 nitrogen and oxygen atoms in total. The van der Waals surface area contributed by atoms with Crippen molar-refractivity contribution in [3.63, 3.8) is 0 Å². The summed E-state index contributed by atoms with van der Waals surface area (Å²) in [6, 6.07) is 8.67. The third kappa shape index (κ3) is 3.43. The van der Waals surface area contributed by atoms with Gasteiger partial charge in [-0.15, -0.1) is 12.4 Å². The summed E-state index contributed by atoms with van der Waals surface area (Å²) in [5.74, 6) is 0.984. The van der Waals surface area contributed by atoms with Crippen molar-refractivity contribution in [2.24, 2.45) is 0 Å². The van der Waals surface area contributed by atoms with Gasteiger partial charge < -0.3 is 9.64 Å². The molecule has 19 heavy (non-hydrogen) atoms. The zero-order valence-electron chi connectivity index (χ0n) is 12.3. The van der Waals surface area contributed by atoms with E-state index in [9.17, 15) is 0 Å². The summed E-state index contributed by atoms with van der Waals surface area (Å²) in [5.41, 5.74) is 1.80. The lowest BCUT2D eigenvalue weighted by molar-refractivity contribution is 0.314. The van der Waals surface area contributed by atoms with Gasteiger partial charge in [0.15, 0.2) is 0 Å². The molecule has 1 unspecified atom stereocenters. The van der Waals surface area contributed by atoms with Gasteiger partial charge in [0.05, 0.1) is 7.11 Å². The fourth-order valence-electron chi connectivity index (χ4n) is 3.24. The number of benzene rings is 1. The zero-order valence-corrected chi connectivity index (χ0v) is 13.1. The topological polar surface area (TPSA) is 12.5 Å². The highest BCUT2D eigenvalue weighted by molar-refractivity contribution is 5.85. The molecule has 1 aromatic carbocycles. The van der Waals surface area contributed by atoms with Crippen LogP contribution in [0.15, 0.2) is 24.3 Å². The van der Waals surface area contributed by atoms with Crippen molar-refractivity contribution in [2.75, 3.05) is 26.7 Å². The second kappa shape index (κ2) is 7.16. The fraction of sp³-hybridized carbons (Fsp3) is 0.625. The van der Waals surface area contributed by atoms with E-state index >= 15 is 0 Å². The first-order valence-corrected chi connectivity index (χ1v) is 7.11. The number of hydrogen-bond acceptors (Lipinski definition) is 2. The van der Waals surface area contributed by atoms with Crippen LogP contribution < -0.4 is 4.74 Å². The van der Waals surface area contributed by atoms with Crippen LogP contribution in [-0.4, -0.2) is 31.6 Å². The maximum Gasteiger partial charge on any atom is 0.119 e. The number of rotatable bonds is 5. The van der Waals surface area contributed by atoms with Gasteiger partial charge in [0, 0.05) is 12.0 Å². The van der Waals surface area contributed by atoms with Gasteiger partial charge in [0.2, 0.25) is 0 Å². The minimum atomic E-state index is 0. The fourth-order valence-corrected chi connectivity index (χ4v) is 3.24. The van der Waals surface area contributed by atoms with Crippen LogP contribution in [0.2, 0.25) is 0 Å². The van der Waals surface area contributed by atoms with Crippen molar-refractivity contribution >= 4 is 12.4 Å². The highest BCUT2D eigenvalue weighted by atomic mass is 35.5. The molecule has 0 aliphatic carbocycles. The molecule has 1 saturated heterocycles. The lowest BCUT2D eigenvalue weighted by Crippen LogP contribution is -2.31. The lowest BCUT2D eigenvalue weighted by Gasteiger charge is -2.30. The summed E-state index contributed by atoms with van der Waals surface area (Å²) < 4.78 is 5.38. The van der Waals surface area contributed by atoms with Crippen molar-refractivity contribution in [1.29, 1.82) is 0 Å². The number of nitrogens with zero attached hydrogens (tertiary/aromatic N) is 1. The van der Waals surface area contributed by atoms with Crippen molar-refractivity contribution in [3.8, 4) is 5.75 Å². The Bertz CT molecular complexity index is 396. The minimum absolute atomic E-state index is 0. The van der Waals surface area contributed by atoms with Crippen LogP contribution in [0.3, 0.4) is 0 Å². The summed E-state index contributed by atoms with van der Waals surface area (Å²) >= 11 is 0. The molecule has 0 spiro atoms. The molecule has 1 aliphatic rings. The zero-order chi connectivity index (χ0) is 13.0. The maximum atomic E-state index is 5.38. The number of halogens is 1. The molecule has 0 radical (unpaired) electrons. The first kappa shape index (κ1) is 16.3. The first-order chi connectivity index (χ1) is 8.74. The number of likely N-dealkylation sites (tertiary alicyclic amines) is 1. The van der Waals surface area contributed by atoms with E-state index in [4.69, 9.17) is 4.74 Å². The number of ether oxygens (including phenoxy) is 1. The maximum absolute atomic E-state index is 5.38. The molecule has 1 aromatic rings. The van der Waals surface area contributed by atoms with E-state index in [0.29, 0.717) is 5.41 Å². The normalized spacial score (nSPS) is 23.1. The van der Waals surface area contributed by atoms with Gasteiger partial charge in [-0.05, 0) is 43.6 Å². The molecule has 0 amide bonds. The van der Waals surface area contributed by atoms with E-state index in [0.717, 1.165) is 12.3 Å². The van der Waals surface area contributed by atoms with Gasteiger partial charge in [0.25, 0.3) is 0 Å². The van der Waals surface area contributed by atoms with Gasteiger partial charge in [0.1, 0.15) is 5.75 Å². The van der Waals surface area contributed by atoms with E-state index in [1.165, 1.54) is 37.9 Å². The van der Waals surface area contributed by atoms with Crippen LogP contribution >= 0.6 is 12.4 Å². The second-order valence-electron chi connectivity index (χ2n) is 5.38. The first-order valence-electron chi connectivity index (χ1n) is 7.11. The molecule has 2 rings (SSSR count). The highest BCUT2D eigenvalue weighted by Gasteiger charge is 2.38. The van der Waals surface area contributed by atoms with E-state index in [2.05, 4.69) is 36.9 Å². The summed E-state index contributed by atoms with van der Waals surface area (Å²) in [5, 5.41) is 0. The molecule has 0 aromatic heterocycles. The summed E-state index contributed by atoms with van der Waals surface area (Å²) in [7, 11) is 1.75. The third-order valence-corrected chi connectivity index (χ3v) is 4.29. The van der Waals surface area contributed by atoms with Crippen molar-refractivity contribution in [3.05, 3.63) is 29.8 Å². The van der Waals surface area contributed by atoms with E-state index in [1.807, 2.05) is 6.07 Å². The molecule has 1 atom stereocenters. The number of methoxy groups -OCH3 is 1. The lowest BCUT2D eigenvalue weighted by atomic mass is 9.76. The summed E-state index contributed by atoms with van der Waals surface area (Å²) in [6.45, 7) is 8.14. The Morgan fingerprint density at radius 1 is 1.32 bits per heavy atom. The van der Waals surface area contributed by atoms with E-state index in [-0.39, 0.29) is 12.4 Å². The second-order valence-corrected chi connectivity index (χ2v) is 5.38. The van der Waals surface area contributed by atoms with Gasteiger partial charge in [-0.1, -0.05) is 32.4 Å². The van der Waals surface area contributed by atoms with Gasteiger partial charge >= 0.3 is 0 Å². The molecule has 3 heteroatoms. The molecule has 0 bridgehead atoms. The molecular weight excluding hydrogens is 258 g/mol. The minimum Gasteiger partial charge on any atom is -0.497 e. The molecule has 1 aliphatic heterocycles. The average molecular weight is 284 g/mol. The highest BCUT2D eigenvalue weighted by Crippen LogP contribution is 2.39. The molecule has 1 fully saturated rings. The molecular formula is C16H26ClNO. The predicted octanol–water partition coefficient (Wildman–Crippen LogP) is 3.88. The third-order valence-electron chi connectivity index (χ3n) is 4.29. The van der Waals surface area contributed by atoms with Crippen LogP contribution in [-0.2, 0) is 5.41 Å². The Hall–Kier alpha value is -0.730. The van der Waals surface area contributed by atoms with Crippen LogP contribution in [0, 0.1) is 0 Å². The van der Waals surface area contributed by atoms with Gasteiger partial charge in [-0.2, -0.15) is 0 Å². The molecule has 108 valence electrons. The summed E-state index contributed by atoms with van der Waals surface area (Å²) in [6.07, 6.45) is 3.80. The summed E-state index contributed by atoms with van der Waals surface area (Å²) in [4.78, 5) is 2.56. The quantitative estimate of drug-likeness (QED) is 0.813. The van der Waals surface area contributed by atoms with Gasteiger partial charge in [-0.3, -0.25) is 0 Å². The van der Waals surface area contributed by atoms with E-state index < -0.39 is 0 Å². The smallest absolute Gasteiger partial charge is 0.119 e. The Morgan fingerprint density at radius 2 is 2.11 bits per heavy atom. The SMILES string of the molecule is CCCC1(c2cccc(OC)c2)CCN(CC)C1.Cl. The Balaban J connectivity index is 0.00000180. The predicted molar refractivity (Wildman–Crippen MR) is 83.6 cm³/mol. The Labute approximate surface area is 123 Å². The number of hydrogen-bond donors (Lipinski definition) is 0. The van der Waals surface area contributed by atoms with Gasteiger partial charge in [-0.25, -0.2) is 0 Å². The molecule has 0 saturated carbocycles. The monoisotopic (exact) mass is 283 g/mol. The van der Waals surface area contributed by atoms with Crippen LogP contribution in [0.1, 0.15) is 38.7 Å². The largest absolute Gasteiger partial charge is 0.497 e. The Morgan fingerprint density at radius 3 is 2.68 bits per heavy atom. The average Bonchev–Trinajstić information content (AvgIpc) is 2.84. The molecule has 1 heterocycles. The van der Waals surface area contributed by atoms with Crippen molar-refractivity contribution in [1.82, 2.24) is 4.90 Å². The van der Waals surface area contributed by atoms with Crippen LogP contribution in [0.5, 0.6) is 5.75 Å². The molecule has 0 N–H and O–H groups in total. The Kier molecular flexibility index (Phi) is 6.15. The van der Waals surface area contributed by atoms with Crippen LogP contribution in [0.25, 0.3) is 0 Å². The van der Waals surface area contributed by atoms with E-state index in [1.54, 1.807) is 7.11 Å². The van der Waals surface area contributed by atoms with Crippen LogP contribution in [0.4, 0.5) is 0 Å².